The third-order valence-corrected chi connectivity index (χ3v) is 8.57. The number of nitrogens with zero attached hydrogens (tertiary/aromatic N) is 4. The summed E-state index contributed by atoms with van der Waals surface area (Å²) in [5.41, 5.74) is 5.17. The van der Waals surface area contributed by atoms with Gasteiger partial charge in [-0.25, -0.2) is 0 Å². The maximum absolute atomic E-state index is 5.28. The summed E-state index contributed by atoms with van der Waals surface area (Å²) >= 11 is 3.57. The largest absolute Gasteiger partial charge is 0.182 e. The van der Waals surface area contributed by atoms with Crippen LogP contribution >= 0.6 is 15.9 Å². The molecule has 0 N–H and O–H groups in total. The van der Waals surface area contributed by atoms with Crippen molar-refractivity contribution < 1.29 is 0 Å². The summed E-state index contributed by atoms with van der Waals surface area (Å²) in [4.78, 5) is 1.86. The van der Waals surface area contributed by atoms with Crippen LogP contribution in [0.1, 0.15) is 65.2 Å². The maximum Gasteiger partial charge on any atom is 0.182 e. The molecule has 5 aromatic rings. The SMILES string of the molecule is BrCCc1ccc(C(c2nnn(C(c3ccccc3)(c3ccccc3)c3ccccc3)n2)C2CCCC2)cc1. The zero-order chi connectivity index (χ0) is 26.5. The molecular formula is C34H33BrN4. The molecule has 1 unspecified atom stereocenters. The van der Waals surface area contributed by atoms with Crippen LogP contribution in [-0.4, -0.2) is 25.5 Å². The van der Waals surface area contributed by atoms with E-state index in [0.717, 1.165) is 34.3 Å². The number of hydrogen-bond donors (Lipinski definition) is 0. The summed E-state index contributed by atoms with van der Waals surface area (Å²) in [6.07, 6.45) is 5.95. The summed E-state index contributed by atoms with van der Waals surface area (Å²) in [6.45, 7) is 0. The molecule has 0 saturated heterocycles. The fourth-order valence-electron chi connectivity index (χ4n) is 6.30. The van der Waals surface area contributed by atoms with Gasteiger partial charge in [0, 0.05) is 5.33 Å². The van der Waals surface area contributed by atoms with Crippen molar-refractivity contribution in [2.45, 2.75) is 43.6 Å². The van der Waals surface area contributed by atoms with E-state index in [1.165, 1.54) is 36.8 Å². The number of hydrogen-bond acceptors (Lipinski definition) is 3. The lowest BCUT2D eigenvalue weighted by molar-refractivity contribution is 0.390. The molecule has 0 radical (unpaired) electrons. The molecule has 0 amide bonds. The first kappa shape index (κ1) is 25.7. The number of tetrazole rings is 1. The molecule has 1 atom stereocenters. The Bertz CT molecular complexity index is 1360. The van der Waals surface area contributed by atoms with Crippen molar-refractivity contribution in [2.24, 2.45) is 5.92 Å². The molecule has 0 bridgehead atoms. The van der Waals surface area contributed by atoms with Gasteiger partial charge in [-0.15, -0.1) is 15.0 Å². The summed E-state index contributed by atoms with van der Waals surface area (Å²) in [7, 11) is 0. The Labute approximate surface area is 239 Å². The van der Waals surface area contributed by atoms with E-state index in [9.17, 15) is 0 Å². The predicted octanol–water partition coefficient (Wildman–Crippen LogP) is 7.77. The summed E-state index contributed by atoms with van der Waals surface area (Å²) < 4.78 is 0. The highest BCUT2D eigenvalue weighted by atomic mass is 79.9. The van der Waals surface area contributed by atoms with Gasteiger partial charge in [-0.3, -0.25) is 0 Å². The van der Waals surface area contributed by atoms with Gasteiger partial charge in [0.05, 0.1) is 5.92 Å². The van der Waals surface area contributed by atoms with Crippen LogP contribution in [0.15, 0.2) is 115 Å². The molecule has 39 heavy (non-hydrogen) atoms. The van der Waals surface area contributed by atoms with Crippen molar-refractivity contribution in [3.63, 3.8) is 0 Å². The minimum atomic E-state index is -0.755. The van der Waals surface area contributed by atoms with Crippen LogP contribution in [0.2, 0.25) is 0 Å². The third kappa shape index (κ3) is 4.96. The lowest BCUT2D eigenvalue weighted by Gasteiger charge is -2.34. The van der Waals surface area contributed by atoms with Gasteiger partial charge in [0.15, 0.2) is 11.4 Å². The third-order valence-electron chi connectivity index (χ3n) is 8.18. The topological polar surface area (TPSA) is 43.6 Å². The Balaban J connectivity index is 1.53. The Hall–Kier alpha value is -3.57. The number of halogens is 1. The van der Waals surface area contributed by atoms with Gasteiger partial charge in [0.2, 0.25) is 0 Å². The number of benzene rings is 4. The number of rotatable bonds is 9. The number of aromatic nitrogens is 4. The van der Waals surface area contributed by atoms with Crippen LogP contribution in [0.25, 0.3) is 0 Å². The van der Waals surface area contributed by atoms with E-state index in [0.29, 0.717) is 5.92 Å². The van der Waals surface area contributed by atoms with Crippen LogP contribution in [0.5, 0.6) is 0 Å². The molecule has 0 aliphatic heterocycles. The van der Waals surface area contributed by atoms with Crippen LogP contribution < -0.4 is 0 Å². The Kier molecular flexibility index (Phi) is 7.69. The van der Waals surface area contributed by atoms with E-state index in [4.69, 9.17) is 15.4 Å². The first-order valence-corrected chi connectivity index (χ1v) is 15.0. The highest BCUT2D eigenvalue weighted by Gasteiger charge is 2.42. The first-order valence-electron chi connectivity index (χ1n) is 13.9. The van der Waals surface area contributed by atoms with E-state index >= 15 is 0 Å². The monoisotopic (exact) mass is 576 g/mol. The standard InChI is InChI=1S/C34H33BrN4/c35-25-24-26-20-22-28(23-21-26)32(27-12-10-11-13-27)33-36-38-39(37-33)34(29-14-4-1-5-15-29,30-16-6-2-7-17-30)31-18-8-3-9-19-31/h1-9,14-23,27,32H,10-13,24-25H2. The highest BCUT2D eigenvalue weighted by Crippen LogP contribution is 2.43. The van der Waals surface area contributed by atoms with Gasteiger partial charge >= 0.3 is 0 Å². The van der Waals surface area contributed by atoms with Crippen LogP contribution in [0.3, 0.4) is 0 Å². The molecule has 4 nitrogen and oxygen atoms in total. The fourth-order valence-corrected chi connectivity index (χ4v) is 6.76. The molecular weight excluding hydrogens is 544 g/mol. The van der Waals surface area contributed by atoms with Gasteiger partial charge in [-0.1, -0.05) is 144 Å². The van der Waals surface area contributed by atoms with Crippen LogP contribution in [-0.2, 0) is 12.0 Å². The van der Waals surface area contributed by atoms with E-state index in [1.807, 2.05) is 4.80 Å². The molecule has 6 rings (SSSR count). The second kappa shape index (κ2) is 11.7. The van der Waals surface area contributed by atoms with E-state index in [2.05, 4.69) is 131 Å². The first-order chi connectivity index (χ1) is 19.3. The lowest BCUT2D eigenvalue weighted by atomic mass is 9.77. The Morgan fingerprint density at radius 3 is 1.72 bits per heavy atom. The summed E-state index contributed by atoms with van der Waals surface area (Å²) in [6, 6.07) is 40.8. The average Bonchev–Trinajstić information content (AvgIpc) is 3.71. The van der Waals surface area contributed by atoms with Crippen molar-refractivity contribution in [1.82, 2.24) is 20.2 Å². The molecule has 4 aromatic carbocycles. The fraction of sp³-hybridized carbons (Fsp3) is 0.265. The summed E-state index contributed by atoms with van der Waals surface area (Å²) in [5, 5.41) is 15.9. The molecule has 0 spiro atoms. The molecule has 196 valence electrons. The Morgan fingerprint density at radius 1 is 0.718 bits per heavy atom. The van der Waals surface area contributed by atoms with Crippen molar-refractivity contribution in [3.05, 3.63) is 149 Å². The molecule has 1 aliphatic carbocycles. The molecule has 5 heteroatoms. The van der Waals surface area contributed by atoms with Crippen molar-refractivity contribution in [1.29, 1.82) is 0 Å². The minimum absolute atomic E-state index is 0.124. The summed E-state index contributed by atoms with van der Waals surface area (Å²) in [5.74, 6) is 1.45. The van der Waals surface area contributed by atoms with Crippen LogP contribution in [0, 0.1) is 5.92 Å². The second-order valence-corrected chi connectivity index (χ2v) is 11.2. The average molecular weight is 578 g/mol. The highest BCUT2D eigenvalue weighted by molar-refractivity contribution is 9.09. The van der Waals surface area contributed by atoms with Crippen molar-refractivity contribution >= 4 is 15.9 Å². The van der Waals surface area contributed by atoms with Crippen molar-refractivity contribution in [2.75, 3.05) is 5.33 Å². The van der Waals surface area contributed by atoms with E-state index in [-0.39, 0.29) is 5.92 Å². The normalized spacial score (nSPS) is 14.9. The van der Waals surface area contributed by atoms with E-state index < -0.39 is 5.54 Å². The van der Waals surface area contributed by atoms with Gasteiger partial charge in [-0.05, 0) is 58.2 Å². The zero-order valence-corrected chi connectivity index (χ0v) is 23.6. The Morgan fingerprint density at radius 2 is 1.23 bits per heavy atom. The van der Waals surface area contributed by atoms with Crippen LogP contribution in [0.4, 0.5) is 0 Å². The zero-order valence-electron chi connectivity index (χ0n) is 22.0. The molecule has 1 heterocycles. The molecule has 1 aliphatic rings. The molecule has 1 saturated carbocycles. The maximum atomic E-state index is 5.28. The lowest BCUT2D eigenvalue weighted by Crippen LogP contribution is -2.39. The number of alkyl halides is 1. The van der Waals surface area contributed by atoms with Gasteiger partial charge in [-0.2, -0.15) is 0 Å². The van der Waals surface area contributed by atoms with Crippen molar-refractivity contribution in [3.8, 4) is 0 Å². The predicted molar refractivity (Wildman–Crippen MR) is 160 cm³/mol. The number of aryl methyl sites for hydroxylation is 1. The van der Waals surface area contributed by atoms with E-state index in [1.54, 1.807) is 0 Å². The quantitative estimate of drug-likeness (QED) is 0.133. The van der Waals surface area contributed by atoms with Gasteiger partial charge < -0.3 is 0 Å². The second-order valence-electron chi connectivity index (χ2n) is 10.4. The van der Waals surface area contributed by atoms with Gasteiger partial charge in [0.1, 0.15) is 0 Å². The molecule has 1 aromatic heterocycles. The minimum Gasteiger partial charge on any atom is -0.144 e. The van der Waals surface area contributed by atoms with Gasteiger partial charge in [0.25, 0.3) is 0 Å². The molecule has 1 fully saturated rings. The smallest absolute Gasteiger partial charge is 0.144 e.